The van der Waals surface area contributed by atoms with Gasteiger partial charge in [0.1, 0.15) is 0 Å². The van der Waals surface area contributed by atoms with Gasteiger partial charge in [0, 0.05) is 6.54 Å². The van der Waals surface area contributed by atoms with Crippen LogP contribution in [0.2, 0.25) is 0 Å². The summed E-state index contributed by atoms with van der Waals surface area (Å²) in [6, 6.07) is 0. The maximum Gasteiger partial charge on any atom is 0.00148 e. The molecule has 0 spiro atoms. The lowest BCUT2D eigenvalue weighted by atomic mass is 9.94. The smallest absolute Gasteiger partial charge is 0.00148 e. The summed E-state index contributed by atoms with van der Waals surface area (Å²) in [6.45, 7) is 8.49. The lowest BCUT2D eigenvalue weighted by Crippen LogP contribution is -2.36. The normalized spacial score (nSPS) is 23.3. The zero-order valence-electron chi connectivity index (χ0n) is 9.00. The van der Waals surface area contributed by atoms with Crippen LogP contribution in [0.1, 0.15) is 33.1 Å². The zero-order chi connectivity index (χ0) is 9.68. The highest BCUT2D eigenvalue weighted by atomic mass is 32.1. The van der Waals surface area contributed by atoms with Crippen LogP contribution in [0.15, 0.2) is 0 Å². The minimum Gasteiger partial charge on any atom is -0.303 e. The first-order valence-corrected chi connectivity index (χ1v) is 6.22. The van der Waals surface area contributed by atoms with Gasteiger partial charge < -0.3 is 4.90 Å². The van der Waals surface area contributed by atoms with E-state index in [9.17, 15) is 0 Å². The molecular formula is C11H23NS. The van der Waals surface area contributed by atoms with Gasteiger partial charge in [-0.2, -0.15) is 12.6 Å². The molecule has 0 bridgehead atoms. The molecule has 0 aromatic heterocycles. The third-order valence-electron chi connectivity index (χ3n) is 3.17. The van der Waals surface area contributed by atoms with Crippen LogP contribution in [0.25, 0.3) is 0 Å². The highest BCUT2D eigenvalue weighted by molar-refractivity contribution is 7.80. The van der Waals surface area contributed by atoms with Crippen LogP contribution in [-0.2, 0) is 0 Å². The fourth-order valence-electron chi connectivity index (χ4n) is 2.08. The van der Waals surface area contributed by atoms with E-state index in [0.717, 1.165) is 17.6 Å². The Kier molecular flexibility index (Phi) is 5.18. The summed E-state index contributed by atoms with van der Waals surface area (Å²) >= 11 is 4.32. The number of rotatable bonds is 4. The van der Waals surface area contributed by atoms with E-state index < -0.39 is 0 Å². The van der Waals surface area contributed by atoms with Gasteiger partial charge in [0.2, 0.25) is 0 Å². The molecule has 1 heterocycles. The van der Waals surface area contributed by atoms with E-state index in [1.165, 1.54) is 38.9 Å². The highest BCUT2D eigenvalue weighted by Crippen LogP contribution is 2.20. The summed E-state index contributed by atoms with van der Waals surface area (Å²) in [6.07, 6.45) is 4.20. The first-order valence-electron chi connectivity index (χ1n) is 5.59. The van der Waals surface area contributed by atoms with Crippen LogP contribution in [0.5, 0.6) is 0 Å². The molecule has 0 aromatic carbocycles. The van der Waals surface area contributed by atoms with Gasteiger partial charge >= 0.3 is 0 Å². The van der Waals surface area contributed by atoms with Gasteiger partial charge in [-0.25, -0.2) is 0 Å². The third-order valence-corrected chi connectivity index (χ3v) is 3.79. The molecule has 2 heteroatoms. The minimum atomic E-state index is 0.751. The van der Waals surface area contributed by atoms with E-state index in [4.69, 9.17) is 0 Å². The summed E-state index contributed by atoms with van der Waals surface area (Å²) in [5.41, 5.74) is 0. The average molecular weight is 201 g/mol. The van der Waals surface area contributed by atoms with Gasteiger partial charge in [0.25, 0.3) is 0 Å². The van der Waals surface area contributed by atoms with Crippen LogP contribution in [-0.4, -0.2) is 30.3 Å². The van der Waals surface area contributed by atoms with Crippen LogP contribution in [0.3, 0.4) is 0 Å². The van der Waals surface area contributed by atoms with E-state index in [1.54, 1.807) is 0 Å². The van der Waals surface area contributed by atoms with Crippen molar-refractivity contribution in [1.29, 1.82) is 0 Å². The topological polar surface area (TPSA) is 3.24 Å². The zero-order valence-corrected chi connectivity index (χ0v) is 9.89. The van der Waals surface area contributed by atoms with E-state index >= 15 is 0 Å². The Labute approximate surface area is 88.3 Å². The van der Waals surface area contributed by atoms with E-state index in [1.807, 2.05) is 0 Å². The average Bonchev–Trinajstić information content (AvgIpc) is 2.19. The second-order valence-electron chi connectivity index (χ2n) is 4.44. The predicted molar refractivity (Wildman–Crippen MR) is 62.5 cm³/mol. The Hall–Kier alpha value is 0.310. The summed E-state index contributed by atoms with van der Waals surface area (Å²) < 4.78 is 0. The van der Waals surface area contributed by atoms with Crippen molar-refractivity contribution in [3.05, 3.63) is 0 Å². The number of hydrogen-bond donors (Lipinski definition) is 1. The van der Waals surface area contributed by atoms with Gasteiger partial charge in [0.15, 0.2) is 0 Å². The van der Waals surface area contributed by atoms with Gasteiger partial charge in [0.05, 0.1) is 0 Å². The molecule has 1 saturated heterocycles. The number of likely N-dealkylation sites (tertiary alicyclic amines) is 1. The Balaban J connectivity index is 2.17. The molecular weight excluding hydrogens is 178 g/mol. The molecule has 0 saturated carbocycles. The molecule has 1 aliphatic heterocycles. The second kappa shape index (κ2) is 5.92. The maximum atomic E-state index is 4.32. The minimum absolute atomic E-state index is 0.751. The van der Waals surface area contributed by atoms with Crippen molar-refractivity contribution in [3.8, 4) is 0 Å². The van der Waals surface area contributed by atoms with Crippen LogP contribution < -0.4 is 0 Å². The first kappa shape index (κ1) is 11.4. The molecule has 78 valence electrons. The molecule has 0 radical (unpaired) electrons. The van der Waals surface area contributed by atoms with Crippen molar-refractivity contribution in [3.63, 3.8) is 0 Å². The van der Waals surface area contributed by atoms with Crippen molar-refractivity contribution in [2.45, 2.75) is 33.1 Å². The van der Waals surface area contributed by atoms with E-state index in [2.05, 4.69) is 31.4 Å². The number of nitrogens with zero attached hydrogens (tertiary/aromatic N) is 1. The van der Waals surface area contributed by atoms with Crippen LogP contribution >= 0.6 is 12.6 Å². The largest absolute Gasteiger partial charge is 0.303 e. The number of hydrogen-bond acceptors (Lipinski definition) is 2. The van der Waals surface area contributed by atoms with Gasteiger partial charge in [-0.05, 0) is 43.5 Å². The maximum absolute atomic E-state index is 4.32. The highest BCUT2D eigenvalue weighted by Gasteiger charge is 2.18. The second-order valence-corrected chi connectivity index (χ2v) is 4.81. The molecule has 1 unspecified atom stereocenters. The van der Waals surface area contributed by atoms with Crippen LogP contribution in [0, 0.1) is 11.8 Å². The van der Waals surface area contributed by atoms with E-state index in [-0.39, 0.29) is 0 Å². The molecule has 1 nitrogen and oxygen atoms in total. The molecule has 0 aromatic rings. The van der Waals surface area contributed by atoms with Crippen molar-refractivity contribution in [2.24, 2.45) is 11.8 Å². The fourth-order valence-corrected chi connectivity index (χ4v) is 2.19. The summed E-state index contributed by atoms with van der Waals surface area (Å²) in [7, 11) is 0. The first-order chi connectivity index (χ1) is 6.26. The molecule has 1 fully saturated rings. The Bertz CT molecular complexity index is 130. The third kappa shape index (κ3) is 3.90. The lowest BCUT2D eigenvalue weighted by Gasteiger charge is -2.32. The Morgan fingerprint density at radius 2 is 2.00 bits per heavy atom. The molecule has 0 N–H and O–H groups in total. The standard InChI is InChI=1S/C11H23NS/c1-3-11-4-6-12(7-5-11)8-10(2)9-13/h10-11,13H,3-9H2,1-2H3. The molecule has 1 aliphatic rings. The summed E-state index contributed by atoms with van der Waals surface area (Å²) in [5, 5.41) is 0. The monoisotopic (exact) mass is 201 g/mol. The van der Waals surface area contributed by atoms with E-state index in [0.29, 0.717) is 0 Å². The number of thiol groups is 1. The van der Waals surface area contributed by atoms with Crippen molar-refractivity contribution in [2.75, 3.05) is 25.4 Å². The molecule has 1 atom stereocenters. The Morgan fingerprint density at radius 1 is 1.38 bits per heavy atom. The fraction of sp³-hybridized carbons (Fsp3) is 1.00. The Morgan fingerprint density at radius 3 is 2.46 bits per heavy atom. The number of piperidine rings is 1. The van der Waals surface area contributed by atoms with Gasteiger partial charge in [-0.15, -0.1) is 0 Å². The van der Waals surface area contributed by atoms with Gasteiger partial charge in [-0.1, -0.05) is 20.3 Å². The molecule has 1 rings (SSSR count). The molecule has 13 heavy (non-hydrogen) atoms. The summed E-state index contributed by atoms with van der Waals surface area (Å²) in [4.78, 5) is 2.60. The SMILES string of the molecule is CCC1CCN(CC(C)CS)CC1. The molecule has 0 aliphatic carbocycles. The van der Waals surface area contributed by atoms with Crippen molar-refractivity contribution < 1.29 is 0 Å². The quantitative estimate of drug-likeness (QED) is 0.684. The van der Waals surface area contributed by atoms with Crippen molar-refractivity contribution >= 4 is 12.6 Å². The summed E-state index contributed by atoms with van der Waals surface area (Å²) in [5.74, 6) is 2.78. The predicted octanol–water partition coefficient (Wildman–Crippen LogP) is 2.67. The van der Waals surface area contributed by atoms with Crippen molar-refractivity contribution in [1.82, 2.24) is 4.90 Å². The van der Waals surface area contributed by atoms with Crippen LogP contribution in [0.4, 0.5) is 0 Å². The lowest BCUT2D eigenvalue weighted by molar-refractivity contribution is 0.167. The van der Waals surface area contributed by atoms with Gasteiger partial charge in [-0.3, -0.25) is 0 Å². The molecule has 0 amide bonds.